The summed E-state index contributed by atoms with van der Waals surface area (Å²) >= 11 is 0. The average Bonchev–Trinajstić information content (AvgIpc) is 2.89. The molecule has 1 aromatic carbocycles. The fourth-order valence-electron chi connectivity index (χ4n) is 2.29. The number of rotatable bonds is 6. The number of nitrogens with zero attached hydrogens (tertiary/aromatic N) is 2. The third-order valence-electron chi connectivity index (χ3n) is 3.39. The van der Waals surface area contributed by atoms with Gasteiger partial charge < -0.3 is 5.11 Å². The topological polar surface area (TPSA) is 55.1 Å². The second-order valence-electron chi connectivity index (χ2n) is 4.82. The summed E-state index contributed by atoms with van der Waals surface area (Å²) in [6.07, 6.45) is 3.84. The molecule has 0 aliphatic rings. The van der Waals surface area contributed by atoms with E-state index in [1.54, 1.807) is 10.7 Å². The number of aryl methyl sites for hydroxylation is 2. The molecule has 0 atom stereocenters. The zero-order chi connectivity index (χ0) is 14.5. The van der Waals surface area contributed by atoms with Crippen molar-refractivity contribution in [1.29, 1.82) is 0 Å². The maximum absolute atomic E-state index is 11.2. The van der Waals surface area contributed by atoms with Crippen LogP contribution in [0.15, 0.2) is 30.3 Å². The molecule has 106 valence electrons. The van der Waals surface area contributed by atoms with Gasteiger partial charge in [-0.2, -0.15) is 5.10 Å². The van der Waals surface area contributed by atoms with Gasteiger partial charge in [0, 0.05) is 5.69 Å². The third-order valence-corrected chi connectivity index (χ3v) is 3.39. The summed E-state index contributed by atoms with van der Waals surface area (Å²) in [5.74, 6) is -0.976. The highest BCUT2D eigenvalue weighted by Gasteiger charge is 2.15. The first kappa shape index (κ1) is 14.3. The highest BCUT2D eigenvalue weighted by atomic mass is 16.4. The maximum atomic E-state index is 11.2. The molecule has 2 aromatic rings. The summed E-state index contributed by atoms with van der Waals surface area (Å²) in [5.41, 5.74) is 3.23. The van der Waals surface area contributed by atoms with Crippen LogP contribution < -0.4 is 0 Å². The molecular formula is C16H20N2O2. The number of aromatic nitrogens is 2. The first-order valence-corrected chi connectivity index (χ1v) is 7.07. The number of unbranched alkanes of at least 4 members (excludes halogenated alkanes) is 1. The number of carboxylic acid groups (broad SMARTS) is 1. The van der Waals surface area contributed by atoms with Gasteiger partial charge in [-0.3, -0.25) is 0 Å². The number of hydrogen-bond donors (Lipinski definition) is 1. The number of hydrogen-bond acceptors (Lipinski definition) is 2. The molecule has 0 unspecified atom stereocenters. The minimum Gasteiger partial charge on any atom is -0.476 e. The lowest BCUT2D eigenvalue weighted by atomic mass is 10.1. The summed E-state index contributed by atoms with van der Waals surface area (Å²) in [4.78, 5) is 11.2. The van der Waals surface area contributed by atoms with E-state index in [2.05, 4.69) is 25.0 Å². The Balaban J connectivity index is 2.50. The van der Waals surface area contributed by atoms with Crippen molar-refractivity contribution in [1.82, 2.24) is 9.78 Å². The van der Waals surface area contributed by atoms with Crippen molar-refractivity contribution in [3.8, 4) is 5.69 Å². The van der Waals surface area contributed by atoms with E-state index in [4.69, 9.17) is 5.11 Å². The number of carbonyl (C=O) groups is 1. The van der Waals surface area contributed by atoms with Crippen molar-refractivity contribution in [2.24, 2.45) is 0 Å². The lowest BCUT2D eigenvalue weighted by molar-refractivity contribution is 0.0690. The first-order chi connectivity index (χ1) is 9.67. The van der Waals surface area contributed by atoms with E-state index < -0.39 is 5.97 Å². The fourth-order valence-corrected chi connectivity index (χ4v) is 2.29. The van der Waals surface area contributed by atoms with Gasteiger partial charge in [0.2, 0.25) is 0 Å². The number of benzene rings is 1. The molecule has 1 aromatic heterocycles. The van der Waals surface area contributed by atoms with Gasteiger partial charge >= 0.3 is 5.97 Å². The molecule has 1 heterocycles. The SMILES string of the molecule is CCCCc1cc(C(=O)O)nn1-c1ccccc1CC. The standard InChI is InChI=1S/C16H20N2O2/c1-3-5-9-13-11-14(16(19)20)17-18(13)15-10-7-6-8-12(15)4-2/h6-8,10-11H,3-5,9H2,1-2H3,(H,19,20). The predicted molar refractivity (Wildman–Crippen MR) is 78.5 cm³/mol. The van der Waals surface area contributed by atoms with E-state index in [1.807, 2.05) is 18.2 Å². The van der Waals surface area contributed by atoms with Crippen molar-refractivity contribution in [2.75, 3.05) is 0 Å². The Bertz CT molecular complexity index is 602. The van der Waals surface area contributed by atoms with Gasteiger partial charge in [0.05, 0.1) is 5.69 Å². The average molecular weight is 272 g/mol. The van der Waals surface area contributed by atoms with E-state index in [9.17, 15) is 4.79 Å². The van der Waals surface area contributed by atoms with Gasteiger partial charge in [0.15, 0.2) is 5.69 Å². The van der Waals surface area contributed by atoms with Crippen LogP contribution in [0.2, 0.25) is 0 Å². The van der Waals surface area contributed by atoms with Gasteiger partial charge in [-0.25, -0.2) is 9.48 Å². The van der Waals surface area contributed by atoms with Crippen LogP contribution >= 0.6 is 0 Å². The largest absolute Gasteiger partial charge is 0.476 e. The van der Waals surface area contributed by atoms with Crippen molar-refractivity contribution in [3.05, 3.63) is 47.3 Å². The molecule has 0 bridgehead atoms. The normalized spacial score (nSPS) is 10.7. The van der Waals surface area contributed by atoms with Crippen LogP contribution in [0.3, 0.4) is 0 Å². The van der Waals surface area contributed by atoms with Gasteiger partial charge in [-0.1, -0.05) is 38.5 Å². The Kier molecular flexibility index (Phi) is 4.56. The molecule has 0 amide bonds. The molecule has 0 saturated heterocycles. The Morgan fingerprint density at radius 1 is 1.30 bits per heavy atom. The maximum Gasteiger partial charge on any atom is 0.356 e. The second-order valence-corrected chi connectivity index (χ2v) is 4.82. The minimum atomic E-state index is -0.976. The monoisotopic (exact) mass is 272 g/mol. The lowest BCUT2D eigenvalue weighted by Crippen LogP contribution is -2.06. The Morgan fingerprint density at radius 3 is 2.70 bits per heavy atom. The number of aromatic carboxylic acids is 1. The molecule has 0 radical (unpaired) electrons. The van der Waals surface area contributed by atoms with Crippen LogP contribution in [0.1, 0.15) is 48.4 Å². The predicted octanol–water partition coefficient (Wildman–Crippen LogP) is 3.48. The van der Waals surface area contributed by atoms with Crippen molar-refractivity contribution in [2.45, 2.75) is 39.5 Å². The summed E-state index contributed by atoms with van der Waals surface area (Å²) in [5, 5.41) is 13.4. The molecule has 2 rings (SSSR count). The van der Waals surface area contributed by atoms with Crippen LogP contribution in [0, 0.1) is 0 Å². The van der Waals surface area contributed by atoms with E-state index in [-0.39, 0.29) is 5.69 Å². The third kappa shape index (κ3) is 2.90. The van der Waals surface area contributed by atoms with Crippen molar-refractivity contribution in [3.63, 3.8) is 0 Å². The number of para-hydroxylation sites is 1. The molecular weight excluding hydrogens is 252 g/mol. The van der Waals surface area contributed by atoms with Crippen LogP contribution in [-0.2, 0) is 12.8 Å². The van der Waals surface area contributed by atoms with Gasteiger partial charge in [0.1, 0.15) is 0 Å². The molecule has 0 fully saturated rings. The summed E-state index contributed by atoms with van der Waals surface area (Å²) in [6.45, 7) is 4.21. The molecule has 20 heavy (non-hydrogen) atoms. The van der Waals surface area contributed by atoms with E-state index in [1.165, 1.54) is 5.56 Å². The van der Waals surface area contributed by atoms with E-state index in [0.29, 0.717) is 0 Å². The second kappa shape index (κ2) is 6.37. The van der Waals surface area contributed by atoms with Crippen molar-refractivity contribution < 1.29 is 9.90 Å². The molecule has 1 N–H and O–H groups in total. The molecule has 0 aliphatic carbocycles. The Hall–Kier alpha value is -2.10. The zero-order valence-corrected chi connectivity index (χ0v) is 12.0. The first-order valence-electron chi connectivity index (χ1n) is 7.07. The molecule has 0 spiro atoms. The van der Waals surface area contributed by atoms with Crippen LogP contribution in [-0.4, -0.2) is 20.9 Å². The van der Waals surface area contributed by atoms with Gasteiger partial charge in [0.25, 0.3) is 0 Å². The quantitative estimate of drug-likeness (QED) is 0.876. The summed E-state index contributed by atoms with van der Waals surface area (Å²) in [7, 11) is 0. The summed E-state index contributed by atoms with van der Waals surface area (Å²) in [6, 6.07) is 9.69. The highest BCUT2D eigenvalue weighted by molar-refractivity contribution is 5.85. The molecule has 0 aliphatic heterocycles. The number of carboxylic acids is 1. The van der Waals surface area contributed by atoms with Crippen LogP contribution in [0.4, 0.5) is 0 Å². The zero-order valence-electron chi connectivity index (χ0n) is 12.0. The fraction of sp³-hybridized carbons (Fsp3) is 0.375. The van der Waals surface area contributed by atoms with E-state index >= 15 is 0 Å². The Labute approximate surface area is 119 Å². The molecule has 0 saturated carbocycles. The lowest BCUT2D eigenvalue weighted by Gasteiger charge is -2.11. The van der Waals surface area contributed by atoms with E-state index in [0.717, 1.165) is 37.1 Å². The van der Waals surface area contributed by atoms with Gasteiger partial charge in [-0.05, 0) is 37.0 Å². The molecule has 4 nitrogen and oxygen atoms in total. The molecule has 4 heteroatoms. The Morgan fingerprint density at radius 2 is 2.05 bits per heavy atom. The van der Waals surface area contributed by atoms with Crippen molar-refractivity contribution >= 4 is 5.97 Å². The smallest absolute Gasteiger partial charge is 0.356 e. The summed E-state index contributed by atoms with van der Waals surface area (Å²) < 4.78 is 1.79. The van der Waals surface area contributed by atoms with Gasteiger partial charge in [-0.15, -0.1) is 0 Å². The van der Waals surface area contributed by atoms with Crippen LogP contribution in [0.25, 0.3) is 5.69 Å². The minimum absolute atomic E-state index is 0.113. The highest BCUT2D eigenvalue weighted by Crippen LogP contribution is 2.19. The van der Waals surface area contributed by atoms with Crippen LogP contribution in [0.5, 0.6) is 0 Å².